The third-order valence-electron chi connectivity index (χ3n) is 2.84. The molecule has 1 aromatic carbocycles. The predicted molar refractivity (Wildman–Crippen MR) is 75.8 cm³/mol. The van der Waals surface area contributed by atoms with Crippen LogP contribution in [0, 0.1) is 5.82 Å². The van der Waals surface area contributed by atoms with E-state index >= 15 is 0 Å². The Bertz CT molecular complexity index is 500. The third kappa shape index (κ3) is 3.75. The van der Waals surface area contributed by atoms with Crippen LogP contribution in [0.3, 0.4) is 0 Å². The van der Waals surface area contributed by atoms with Crippen molar-refractivity contribution in [3.8, 4) is 0 Å². The summed E-state index contributed by atoms with van der Waals surface area (Å²) in [5, 5.41) is 4.06. The highest BCUT2D eigenvalue weighted by Gasteiger charge is 2.14. The molecule has 0 aliphatic rings. The van der Waals surface area contributed by atoms with Crippen molar-refractivity contribution in [3.05, 3.63) is 64.7 Å². The second-order valence-corrected chi connectivity index (χ2v) is 4.82. The van der Waals surface area contributed by atoms with Crippen molar-refractivity contribution < 1.29 is 4.39 Å². The Balaban J connectivity index is 2.35. The number of pyridine rings is 1. The minimum Gasteiger partial charge on any atom is -0.306 e. The number of benzene rings is 1. The summed E-state index contributed by atoms with van der Waals surface area (Å²) >= 11 is 6.02. The van der Waals surface area contributed by atoms with Crippen LogP contribution in [0.25, 0.3) is 0 Å². The monoisotopic (exact) mass is 278 g/mol. The number of hydrogen-bond acceptors (Lipinski definition) is 2. The van der Waals surface area contributed by atoms with E-state index in [0.717, 1.165) is 24.1 Å². The maximum Gasteiger partial charge on any atom is 0.141 e. The number of rotatable bonds is 5. The molecule has 0 aliphatic heterocycles. The number of aromatic nitrogens is 1. The van der Waals surface area contributed by atoms with Gasteiger partial charge in [-0.3, -0.25) is 4.98 Å². The van der Waals surface area contributed by atoms with Gasteiger partial charge in [0.05, 0.1) is 12.2 Å². The lowest BCUT2D eigenvalue weighted by atomic mass is 10.00. The lowest BCUT2D eigenvalue weighted by molar-refractivity contribution is 0.580. The first-order valence-electron chi connectivity index (χ1n) is 6.30. The molecule has 100 valence electrons. The van der Waals surface area contributed by atoms with Gasteiger partial charge in [-0.15, -0.1) is 0 Å². The molecular formula is C15H16ClFN2. The summed E-state index contributed by atoms with van der Waals surface area (Å²) in [6.07, 6.45) is 3.88. The molecule has 4 heteroatoms. The average Bonchev–Trinajstić information content (AvgIpc) is 2.39. The van der Waals surface area contributed by atoms with Crippen molar-refractivity contribution in [2.75, 3.05) is 6.54 Å². The van der Waals surface area contributed by atoms with Gasteiger partial charge in [0.2, 0.25) is 0 Å². The van der Waals surface area contributed by atoms with Crippen LogP contribution in [-0.2, 0) is 0 Å². The zero-order valence-electron chi connectivity index (χ0n) is 10.7. The van der Waals surface area contributed by atoms with Crippen molar-refractivity contribution >= 4 is 11.6 Å². The van der Waals surface area contributed by atoms with Gasteiger partial charge < -0.3 is 5.32 Å². The fourth-order valence-electron chi connectivity index (χ4n) is 1.99. The van der Waals surface area contributed by atoms with Crippen LogP contribution in [0.15, 0.2) is 42.7 Å². The van der Waals surface area contributed by atoms with Crippen LogP contribution >= 0.6 is 11.6 Å². The quantitative estimate of drug-likeness (QED) is 0.895. The molecule has 2 aromatic rings. The Hall–Kier alpha value is -1.45. The van der Waals surface area contributed by atoms with Crippen molar-refractivity contribution in [1.82, 2.24) is 10.3 Å². The molecule has 0 saturated heterocycles. The van der Waals surface area contributed by atoms with E-state index in [1.807, 2.05) is 24.3 Å². The summed E-state index contributed by atoms with van der Waals surface area (Å²) in [5.41, 5.74) is 1.81. The number of nitrogens with one attached hydrogen (secondary N) is 1. The zero-order chi connectivity index (χ0) is 13.7. The molecule has 0 radical (unpaired) electrons. The molecule has 2 rings (SSSR count). The van der Waals surface area contributed by atoms with Crippen molar-refractivity contribution in [2.45, 2.75) is 19.4 Å². The van der Waals surface area contributed by atoms with Gasteiger partial charge in [0.1, 0.15) is 5.82 Å². The molecule has 0 spiro atoms. The van der Waals surface area contributed by atoms with E-state index < -0.39 is 0 Å². The maximum atomic E-state index is 13.3. The lowest BCUT2D eigenvalue weighted by Crippen LogP contribution is -2.23. The molecule has 1 heterocycles. The van der Waals surface area contributed by atoms with Crippen LogP contribution < -0.4 is 5.32 Å². The average molecular weight is 279 g/mol. The topological polar surface area (TPSA) is 24.9 Å². The molecule has 1 atom stereocenters. The SMILES string of the molecule is CCCNC(c1cncc(F)c1)c1cccc(Cl)c1. The van der Waals surface area contributed by atoms with Gasteiger partial charge in [-0.25, -0.2) is 4.39 Å². The highest BCUT2D eigenvalue weighted by atomic mass is 35.5. The molecule has 1 aromatic heterocycles. The van der Waals surface area contributed by atoms with Crippen LogP contribution in [0.2, 0.25) is 5.02 Å². The van der Waals surface area contributed by atoms with Gasteiger partial charge in [-0.1, -0.05) is 30.7 Å². The van der Waals surface area contributed by atoms with Gasteiger partial charge in [0.25, 0.3) is 0 Å². The first-order valence-corrected chi connectivity index (χ1v) is 6.68. The standard InChI is InChI=1S/C15H16ClFN2/c1-2-6-19-15(11-4-3-5-13(16)7-11)12-8-14(17)10-18-9-12/h3-5,7-10,15,19H,2,6H2,1H3. The second kappa shape index (κ2) is 6.64. The minimum absolute atomic E-state index is 0.0955. The Morgan fingerprint density at radius 3 is 2.79 bits per heavy atom. The number of halogens is 2. The summed E-state index contributed by atoms with van der Waals surface area (Å²) in [5.74, 6) is -0.331. The molecule has 0 aliphatic carbocycles. The molecular weight excluding hydrogens is 263 g/mol. The van der Waals surface area contributed by atoms with E-state index in [2.05, 4.69) is 17.2 Å². The molecule has 19 heavy (non-hydrogen) atoms. The fourth-order valence-corrected chi connectivity index (χ4v) is 2.19. The maximum absolute atomic E-state index is 13.3. The van der Waals surface area contributed by atoms with E-state index in [4.69, 9.17) is 11.6 Å². The van der Waals surface area contributed by atoms with Crippen molar-refractivity contribution in [1.29, 1.82) is 0 Å². The normalized spacial score (nSPS) is 12.4. The molecule has 1 unspecified atom stereocenters. The van der Waals surface area contributed by atoms with Gasteiger partial charge in [0, 0.05) is 11.2 Å². The Labute approximate surface area is 117 Å². The van der Waals surface area contributed by atoms with Gasteiger partial charge in [0.15, 0.2) is 0 Å². The smallest absolute Gasteiger partial charge is 0.141 e. The minimum atomic E-state index is -0.331. The first-order chi connectivity index (χ1) is 9.20. The van der Waals surface area contributed by atoms with Gasteiger partial charge >= 0.3 is 0 Å². The first kappa shape index (κ1) is 14.0. The molecule has 0 fully saturated rings. The van der Waals surface area contributed by atoms with Crippen LogP contribution in [0.1, 0.15) is 30.5 Å². The van der Waals surface area contributed by atoms with E-state index in [0.29, 0.717) is 5.02 Å². The summed E-state index contributed by atoms with van der Waals surface area (Å²) < 4.78 is 13.3. The Morgan fingerprint density at radius 1 is 1.26 bits per heavy atom. The Morgan fingerprint density at radius 2 is 2.11 bits per heavy atom. The van der Waals surface area contributed by atoms with Gasteiger partial charge in [-0.2, -0.15) is 0 Å². The summed E-state index contributed by atoms with van der Waals surface area (Å²) in [6, 6.07) is 8.99. The molecule has 1 N–H and O–H groups in total. The molecule has 2 nitrogen and oxygen atoms in total. The van der Waals surface area contributed by atoms with Crippen LogP contribution in [0.5, 0.6) is 0 Å². The summed E-state index contributed by atoms with van der Waals surface area (Å²) in [7, 11) is 0. The van der Waals surface area contributed by atoms with Crippen LogP contribution in [0.4, 0.5) is 4.39 Å². The molecule has 0 bridgehead atoms. The van der Waals surface area contributed by atoms with Crippen molar-refractivity contribution in [3.63, 3.8) is 0 Å². The van der Waals surface area contributed by atoms with Gasteiger partial charge in [-0.05, 0) is 42.3 Å². The highest BCUT2D eigenvalue weighted by molar-refractivity contribution is 6.30. The largest absolute Gasteiger partial charge is 0.306 e. The predicted octanol–water partition coefficient (Wildman–Crippen LogP) is 3.96. The van der Waals surface area contributed by atoms with E-state index in [-0.39, 0.29) is 11.9 Å². The second-order valence-electron chi connectivity index (χ2n) is 4.38. The third-order valence-corrected chi connectivity index (χ3v) is 3.07. The van der Waals surface area contributed by atoms with E-state index in [1.165, 1.54) is 12.3 Å². The number of hydrogen-bond donors (Lipinski definition) is 1. The zero-order valence-corrected chi connectivity index (χ0v) is 11.5. The summed E-state index contributed by atoms with van der Waals surface area (Å²) in [4.78, 5) is 3.91. The molecule has 0 amide bonds. The van der Waals surface area contributed by atoms with Crippen LogP contribution in [-0.4, -0.2) is 11.5 Å². The van der Waals surface area contributed by atoms with Crippen molar-refractivity contribution in [2.24, 2.45) is 0 Å². The lowest BCUT2D eigenvalue weighted by Gasteiger charge is -2.19. The van der Waals surface area contributed by atoms with E-state index in [9.17, 15) is 4.39 Å². The molecule has 0 saturated carbocycles. The van der Waals surface area contributed by atoms with E-state index in [1.54, 1.807) is 6.20 Å². The number of nitrogens with zero attached hydrogens (tertiary/aromatic N) is 1. The Kier molecular flexibility index (Phi) is 4.88. The summed E-state index contributed by atoms with van der Waals surface area (Å²) in [6.45, 7) is 2.93. The highest BCUT2D eigenvalue weighted by Crippen LogP contribution is 2.24. The fraction of sp³-hybridized carbons (Fsp3) is 0.267.